The molecule has 0 heteroatoms. The smallest absolute Gasteiger partial charge is 0.0399 e. The molecule has 0 heterocycles. The average Bonchev–Trinajstić information content (AvgIpc) is 1.88. The van der Waals surface area contributed by atoms with Gasteiger partial charge in [0, 0.05) is 0 Å². The molecule has 0 rings (SSSR count). The van der Waals surface area contributed by atoms with Gasteiger partial charge in [0.15, 0.2) is 0 Å². The predicted octanol–water partition coefficient (Wildman–Crippen LogP) is 3.72. The maximum atomic E-state index is 3.76. The lowest BCUT2D eigenvalue weighted by molar-refractivity contribution is 1.34. The van der Waals surface area contributed by atoms with Crippen LogP contribution in [0.5, 0.6) is 0 Å². The normalized spacial score (nSPS) is 9.40. The average molecular weight is 138 g/mol. The van der Waals surface area contributed by atoms with Gasteiger partial charge in [0.1, 0.15) is 0 Å². The van der Waals surface area contributed by atoms with Gasteiger partial charge in [-0.05, 0) is 27.7 Å². The van der Waals surface area contributed by atoms with Crippen molar-refractivity contribution in [2.75, 3.05) is 0 Å². The summed E-state index contributed by atoms with van der Waals surface area (Å²) in [5.74, 6) is 0. The summed E-state index contributed by atoms with van der Waals surface area (Å²) in [5.41, 5.74) is 2.43. The molecule has 0 saturated heterocycles. The van der Waals surface area contributed by atoms with E-state index in [1.807, 2.05) is 20.8 Å². The highest BCUT2D eigenvalue weighted by Crippen LogP contribution is 2.02. The minimum Gasteiger partial charge on any atom is -0.103 e. The Hall–Kier alpha value is -0.780. The molecule has 0 N–H and O–H groups in total. The van der Waals surface area contributed by atoms with Gasteiger partial charge in [-0.25, -0.2) is 0 Å². The van der Waals surface area contributed by atoms with Gasteiger partial charge in [-0.3, -0.25) is 0 Å². The number of allylic oxidation sites excluding steroid dienone is 4. The zero-order valence-corrected chi connectivity index (χ0v) is 7.57. The quantitative estimate of drug-likeness (QED) is 0.382. The maximum absolute atomic E-state index is 3.76. The Morgan fingerprint density at radius 1 is 1.20 bits per heavy atom. The van der Waals surface area contributed by atoms with Crippen LogP contribution in [-0.4, -0.2) is 0 Å². The van der Waals surface area contributed by atoms with Crippen molar-refractivity contribution in [3.63, 3.8) is 0 Å². The molecule has 0 fully saturated rings. The van der Waals surface area contributed by atoms with Gasteiger partial charge in [0.2, 0.25) is 0 Å². The Bertz CT molecular complexity index is 127. The molecule has 0 aliphatic heterocycles. The zero-order chi connectivity index (χ0) is 8.57. The van der Waals surface area contributed by atoms with E-state index in [2.05, 4.69) is 26.2 Å². The first-order valence-corrected chi connectivity index (χ1v) is 3.46. The molecule has 0 unspecified atom stereocenters. The standard InChI is InChI=1S/C7H12.C3H6/c1-5-7(4)6(2)3;1-3-2/h5H,2H2,1,3-4H3;3H,1H2,2H3/b7-5+;. The van der Waals surface area contributed by atoms with Gasteiger partial charge in [-0.1, -0.05) is 29.9 Å². The van der Waals surface area contributed by atoms with Crippen molar-refractivity contribution in [1.29, 1.82) is 0 Å². The van der Waals surface area contributed by atoms with Gasteiger partial charge in [0.25, 0.3) is 0 Å². The molecular weight excluding hydrogens is 120 g/mol. The fourth-order valence-corrected chi connectivity index (χ4v) is 0.246. The molecule has 0 aromatic carbocycles. The predicted molar refractivity (Wildman–Crippen MR) is 50.1 cm³/mol. The molecule has 0 spiro atoms. The first-order chi connectivity index (χ1) is 4.59. The first-order valence-electron chi connectivity index (χ1n) is 3.46. The Kier molecular flexibility index (Phi) is 9.82. The van der Waals surface area contributed by atoms with E-state index >= 15 is 0 Å². The SMILES string of the molecule is C=C(C)/C(C)=C/C.C=CC. The van der Waals surface area contributed by atoms with Crippen LogP contribution in [0.2, 0.25) is 0 Å². The van der Waals surface area contributed by atoms with Crippen LogP contribution < -0.4 is 0 Å². The van der Waals surface area contributed by atoms with Crippen molar-refractivity contribution >= 4 is 0 Å². The van der Waals surface area contributed by atoms with E-state index < -0.39 is 0 Å². The molecule has 0 radical (unpaired) electrons. The molecule has 0 nitrogen and oxygen atoms in total. The minimum atomic E-state index is 1.16. The summed E-state index contributed by atoms with van der Waals surface area (Å²) in [6, 6.07) is 0. The van der Waals surface area contributed by atoms with Crippen LogP contribution in [0, 0.1) is 0 Å². The van der Waals surface area contributed by atoms with Crippen molar-refractivity contribution in [3.05, 3.63) is 36.5 Å². The van der Waals surface area contributed by atoms with E-state index in [0.29, 0.717) is 0 Å². The Morgan fingerprint density at radius 2 is 1.50 bits per heavy atom. The number of rotatable bonds is 1. The molecule has 0 aromatic heterocycles. The molecule has 58 valence electrons. The second kappa shape index (κ2) is 8.22. The van der Waals surface area contributed by atoms with Crippen molar-refractivity contribution in [3.8, 4) is 0 Å². The Morgan fingerprint density at radius 3 is 1.50 bits per heavy atom. The van der Waals surface area contributed by atoms with Crippen molar-refractivity contribution in [2.45, 2.75) is 27.7 Å². The fourth-order valence-electron chi connectivity index (χ4n) is 0.246. The highest BCUT2D eigenvalue weighted by Gasteiger charge is 1.81. The third-order valence-electron chi connectivity index (χ3n) is 1.11. The van der Waals surface area contributed by atoms with Crippen LogP contribution in [-0.2, 0) is 0 Å². The van der Waals surface area contributed by atoms with Gasteiger partial charge in [-0.2, -0.15) is 0 Å². The molecule has 0 aliphatic carbocycles. The molecule has 10 heavy (non-hydrogen) atoms. The summed E-state index contributed by atoms with van der Waals surface area (Å²) >= 11 is 0. The number of hydrogen-bond acceptors (Lipinski definition) is 0. The summed E-state index contributed by atoms with van der Waals surface area (Å²) in [5, 5.41) is 0. The Balaban J connectivity index is 0. The van der Waals surface area contributed by atoms with Crippen LogP contribution in [0.4, 0.5) is 0 Å². The highest BCUT2D eigenvalue weighted by atomic mass is 13.9. The monoisotopic (exact) mass is 138 g/mol. The second-order valence-electron chi connectivity index (χ2n) is 2.16. The lowest BCUT2D eigenvalue weighted by atomic mass is 10.2. The lowest BCUT2D eigenvalue weighted by Gasteiger charge is -1.92. The molecule has 0 amide bonds. The largest absolute Gasteiger partial charge is 0.103 e. The first kappa shape index (κ1) is 12.0. The van der Waals surface area contributed by atoms with Crippen molar-refractivity contribution in [2.24, 2.45) is 0 Å². The third-order valence-corrected chi connectivity index (χ3v) is 1.11. The topological polar surface area (TPSA) is 0 Å². The molecule has 0 atom stereocenters. The molecule has 0 aliphatic rings. The molecular formula is C10H18. The summed E-state index contributed by atoms with van der Waals surface area (Å²) in [7, 11) is 0. The summed E-state index contributed by atoms with van der Waals surface area (Å²) in [6.07, 6.45) is 3.81. The van der Waals surface area contributed by atoms with E-state index in [9.17, 15) is 0 Å². The van der Waals surface area contributed by atoms with E-state index in [4.69, 9.17) is 0 Å². The van der Waals surface area contributed by atoms with Crippen molar-refractivity contribution < 1.29 is 0 Å². The summed E-state index contributed by atoms with van der Waals surface area (Å²) in [6.45, 7) is 15.1. The Labute approximate surface area is 65.0 Å². The van der Waals surface area contributed by atoms with E-state index in [1.165, 1.54) is 5.57 Å². The van der Waals surface area contributed by atoms with Crippen LogP contribution >= 0.6 is 0 Å². The maximum Gasteiger partial charge on any atom is -0.0399 e. The van der Waals surface area contributed by atoms with Crippen LogP contribution in [0.25, 0.3) is 0 Å². The summed E-state index contributed by atoms with van der Waals surface area (Å²) in [4.78, 5) is 0. The minimum absolute atomic E-state index is 1.16. The van der Waals surface area contributed by atoms with Gasteiger partial charge in [-0.15, -0.1) is 6.58 Å². The van der Waals surface area contributed by atoms with E-state index in [1.54, 1.807) is 6.08 Å². The molecule has 0 bridgehead atoms. The van der Waals surface area contributed by atoms with Crippen LogP contribution in [0.3, 0.4) is 0 Å². The zero-order valence-electron chi connectivity index (χ0n) is 7.57. The van der Waals surface area contributed by atoms with Crippen LogP contribution in [0.15, 0.2) is 36.5 Å². The third kappa shape index (κ3) is 10.3. The van der Waals surface area contributed by atoms with E-state index in [0.717, 1.165) is 5.57 Å². The lowest BCUT2D eigenvalue weighted by Crippen LogP contribution is -1.71. The molecule has 0 aromatic rings. The number of hydrogen-bond donors (Lipinski definition) is 0. The van der Waals surface area contributed by atoms with Gasteiger partial charge >= 0.3 is 0 Å². The summed E-state index contributed by atoms with van der Waals surface area (Å²) < 4.78 is 0. The molecule has 0 saturated carbocycles. The van der Waals surface area contributed by atoms with Gasteiger partial charge in [0.05, 0.1) is 0 Å². The van der Waals surface area contributed by atoms with E-state index in [-0.39, 0.29) is 0 Å². The van der Waals surface area contributed by atoms with Gasteiger partial charge < -0.3 is 0 Å². The van der Waals surface area contributed by atoms with Crippen molar-refractivity contribution in [1.82, 2.24) is 0 Å². The fraction of sp³-hybridized carbons (Fsp3) is 0.400. The van der Waals surface area contributed by atoms with Crippen LogP contribution in [0.1, 0.15) is 27.7 Å². The second-order valence-corrected chi connectivity index (χ2v) is 2.16. The highest BCUT2D eigenvalue weighted by molar-refractivity contribution is 5.22.